The monoisotopic (exact) mass is 202 g/mol. The van der Waals surface area contributed by atoms with Gasteiger partial charge in [-0.2, -0.15) is 0 Å². The van der Waals surface area contributed by atoms with E-state index in [0.29, 0.717) is 0 Å². The molecule has 0 aliphatic heterocycles. The summed E-state index contributed by atoms with van der Waals surface area (Å²) in [5.41, 5.74) is 1.57. The van der Waals surface area contributed by atoms with Crippen LogP contribution in [0.3, 0.4) is 0 Å². The van der Waals surface area contributed by atoms with E-state index in [4.69, 9.17) is 11.6 Å². The molecule has 0 nitrogen and oxygen atoms in total. The van der Waals surface area contributed by atoms with Gasteiger partial charge in [0.05, 0.1) is 8.07 Å². The summed E-state index contributed by atoms with van der Waals surface area (Å²) in [5, 5.41) is 1.75. The summed E-state index contributed by atoms with van der Waals surface area (Å²) in [5.74, 6) is 0.777. The summed E-state index contributed by atoms with van der Waals surface area (Å²) >= 11 is 5.95. The first kappa shape index (κ1) is 10.3. The fourth-order valence-electron chi connectivity index (χ4n) is 2.02. The highest BCUT2D eigenvalue weighted by atomic mass is 35.5. The predicted molar refractivity (Wildman–Crippen MR) is 59.6 cm³/mol. The van der Waals surface area contributed by atoms with Gasteiger partial charge < -0.3 is 0 Å². The Morgan fingerprint density at radius 2 is 1.75 bits per heavy atom. The number of hydrogen-bond donors (Lipinski definition) is 0. The molecule has 12 heavy (non-hydrogen) atoms. The highest BCUT2D eigenvalue weighted by Gasteiger charge is 2.24. The maximum absolute atomic E-state index is 5.95. The Labute approximate surface area is 82.0 Å². The quantitative estimate of drug-likeness (QED) is 0.470. The van der Waals surface area contributed by atoms with Gasteiger partial charge in [-0.05, 0) is 25.7 Å². The zero-order valence-electron chi connectivity index (χ0n) is 8.41. The van der Waals surface area contributed by atoms with Crippen molar-refractivity contribution in [3.05, 3.63) is 10.8 Å². The Hall–Kier alpha value is 0.247. The average Bonchev–Trinajstić information content (AvgIpc) is 2.03. The summed E-state index contributed by atoms with van der Waals surface area (Å²) in [6, 6.07) is 0. The fourth-order valence-corrected chi connectivity index (χ4v) is 4.63. The van der Waals surface area contributed by atoms with E-state index in [2.05, 4.69) is 19.6 Å². The first-order chi connectivity index (χ1) is 5.55. The lowest BCUT2D eigenvalue weighted by atomic mass is 10.0. The largest absolute Gasteiger partial charge is 0.122 e. The van der Waals surface area contributed by atoms with Crippen molar-refractivity contribution in [3.63, 3.8) is 0 Å². The molecule has 0 saturated heterocycles. The van der Waals surface area contributed by atoms with Crippen molar-refractivity contribution in [2.24, 2.45) is 0 Å². The highest BCUT2D eigenvalue weighted by Crippen LogP contribution is 2.31. The Balaban J connectivity index is 2.87. The van der Waals surface area contributed by atoms with E-state index in [1.165, 1.54) is 25.7 Å². The molecule has 0 amide bonds. The minimum absolute atomic E-state index is 0.777. The summed E-state index contributed by atoms with van der Waals surface area (Å²) in [6.45, 7) is 7.29. The van der Waals surface area contributed by atoms with Crippen molar-refractivity contribution in [3.8, 4) is 0 Å². The van der Waals surface area contributed by atoms with E-state index >= 15 is 0 Å². The van der Waals surface area contributed by atoms with Gasteiger partial charge in [-0.3, -0.25) is 0 Å². The van der Waals surface area contributed by atoms with Gasteiger partial charge in [0.2, 0.25) is 0 Å². The van der Waals surface area contributed by atoms with Crippen molar-refractivity contribution in [2.45, 2.75) is 45.3 Å². The Bertz CT molecular complexity index is 189. The van der Waals surface area contributed by atoms with Crippen molar-refractivity contribution in [1.29, 1.82) is 0 Å². The van der Waals surface area contributed by atoms with Crippen LogP contribution in [0.1, 0.15) is 25.7 Å². The van der Waals surface area contributed by atoms with Crippen molar-refractivity contribution in [1.82, 2.24) is 0 Å². The number of hydrogen-bond acceptors (Lipinski definition) is 0. The van der Waals surface area contributed by atoms with Crippen molar-refractivity contribution in [2.75, 3.05) is 5.88 Å². The molecule has 0 atom stereocenters. The zero-order valence-corrected chi connectivity index (χ0v) is 10.2. The normalized spacial score (nSPS) is 20.0. The van der Waals surface area contributed by atoms with Gasteiger partial charge in [0.15, 0.2) is 0 Å². The smallest absolute Gasteiger partial charge is 0.0724 e. The van der Waals surface area contributed by atoms with Gasteiger partial charge in [0.25, 0.3) is 0 Å². The number of halogens is 1. The highest BCUT2D eigenvalue weighted by molar-refractivity contribution is 6.83. The SMILES string of the molecule is C[Si](C)(C)C1=C(CCl)CCCC1. The number of alkyl halides is 1. The van der Waals surface area contributed by atoms with E-state index in [1.54, 1.807) is 10.8 Å². The zero-order chi connectivity index (χ0) is 9.19. The average molecular weight is 203 g/mol. The minimum atomic E-state index is -1.05. The summed E-state index contributed by atoms with van der Waals surface area (Å²) in [6.07, 6.45) is 5.34. The first-order valence-corrected chi connectivity index (χ1v) is 8.86. The van der Waals surface area contributed by atoms with E-state index in [0.717, 1.165) is 5.88 Å². The molecule has 0 aromatic carbocycles. The Morgan fingerprint density at radius 1 is 1.17 bits per heavy atom. The van der Waals surface area contributed by atoms with Gasteiger partial charge in [0.1, 0.15) is 0 Å². The lowest BCUT2D eigenvalue weighted by Crippen LogP contribution is -2.27. The van der Waals surface area contributed by atoms with Crippen LogP contribution in [-0.2, 0) is 0 Å². The fraction of sp³-hybridized carbons (Fsp3) is 0.800. The molecule has 0 bridgehead atoms. The van der Waals surface area contributed by atoms with Gasteiger partial charge in [-0.25, -0.2) is 0 Å². The van der Waals surface area contributed by atoms with Crippen LogP contribution in [0.5, 0.6) is 0 Å². The van der Waals surface area contributed by atoms with Crippen molar-refractivity contribution >= 4 is 19.7 Å². The Kier molecular flexibility index (Phi) is 3.42. The van der Waals surface area contributed by atoms with Crippen LogP contribution in [0.25, 0.3) is 0 Å². The number of allylic oxidation sites excluding steroid dienone is 2. The second kappa shape index (κ2) is 3.97. The first-order valence-electron chi connectivity index (χ1n) is 4.83. The predicted octanol–water partition coefficient (Wildman–Crippen LogP) is 3.97. The second-order valence-corrected chi connectivity index (χ2v) is 10.0. The van der Waals surface area contributed by atoms with Crippen LogP contribution >= 0.6 is 11.6 Å². The van der Waals surface area contributed by atoms with Gasteiger partial charge in [0, 0.05) is 5.88 Å². The molecule has 0 saturated carbocycles. The molecule has 0 fully saturated rings. The second-order valence-electron chi connectivity index (χ2n) is 4.67. The van der Waals surface area contributed by atoms with Crippen LogP contribution in [0.4, 0.5) is 0 Å². The van der Waals surface area contributed by atoms with Crippen LogP contribution in [0.15, 0.2) is 10.8 Å². The van der Waals surface area contributed by atoms with Crippen LogP contribution < -0.4 is 0 Å². The standard InChI is InChI=1S/C10H19ClSi/c1-12(2,3)10-7-5-4-6-9(10)8-11/h4-8H2,1-3H3. The molecule has 2 heteroatoms. The molecule has 1 aliphatic carbocycles. The molecule has 0 radical (unpaired) electrons. The summed E-state index contributed by atoms with van der Waals surface area (Å²) in [7, 11) is -1.05. The van der Waals surface area contributed by atoms with Gasteiger partial charge in [-0.15, -0.1) is 11.6 Å². The molecular formula is C10H19ClSi. The lowest BCUT2D eigenvalue weighted by molar-refractivity contribution is 0.689. The maximum Gasteiger partial charge on any atom is 0.0724 e. The topological polar surface area (TPSA) is 0 Å². The van der Waals surface area contributed by atoms with E-state index in [1.807, 2.05) is 0 Å². The molecular weight excluding hydrogens is 184 g/mol. The molecule has 70 valence electrons. The van der Waals surface area contributed by atoms with E-state index in [9.17, 15) is 0 Å². The van der Waals surface area contributed by atoms with Gasteiger partial charge >= 0.3 is 0 Å². The molecule has 1 aliphatic rings. The van der Waals surface area contributed by atoms with Gasteiger partial charge in [-0.1, -0.05) is 30.4 Å². The minimum Gasteiger partial charge on any atom is -0.122 e. The Morgan fingerprint density at radius 3 is 2.17 bits per heavy atom. The third kappa shape index (κ3) is 2.37. The lowest BCUT2D eigenvalue weighted by Gasteiger charge is -2.28. The molecule has 0 N–H and O–H groups in total. The molecule has 0 spiro atoms. The maximum atomic E-state index is 5.95. The van der Waals surface area contributed by atoms with E-state index < -0.39 is 8.07 Å². The van der Waals surface area contributed by atoms with Crippen molar-refractivity contribution < 1.29 is 0 Å². The van der Waals surface area contributed by atoms with E-state index in [-0.39, 0.29) is 0 Å². The molecule has 0 unspecified atom stereocenters. The third-order valence-electron chi connectivity index (χ3n) is 2.65. The summed E-state index contributed by atoms with van der Waals surface area (Å²) < 4.78 is 0. The van der Waals surface area contributed by atoms with Crippen LogP contribution in [0.2, 0.25) is 19.6 Å². The molecule has 0 aromatic rings. The van der Waals surface area contributed by atoms with Crippen LogP contribution in [0, 0.1) is 0 Å². The molecule has 0 aromatic heterocycles. The third-order valence-corrected chi connectivity index (χ3v) is 5.39. The summed E-state index contributed by atoms with van der Waals surface area (Å²) in [4.78, 5) is 0. The van der Waals surface area contributed by atoms with Crippen LogP contribution in [-0.4, -0.2) is 14.0 Å². The molecule has 0 heterocycles. The number of rotatable bonds is 2. The molecule has 1 rings (SSSR count).